The van der Waals surface area contributed by atoms with Crippen LogP contribution >= 0.6 is 0 Å². The molecule has 0 amide bonds. The summed E-state index contributed by atoms with van der Waals surface area (Å²) in [4.78, 5) is 10.9. The predicted molar refractivity (Wildman–Crippen MR) is 53.3 cm³/mol. The van der Waals surface area contributed by atoms with Crippen LogP contribution in [0.5, 0.6) is 0 Å². The van der Waals surface area contributed by atoms with E-state index >= 15 is 0 Å². The molecule has 2 heterocycles. The van der Waals surface area contributed by atoms with Crippen LogP contribution in [0.2, 0.25) is 0 Å². The zero-order valence-corrected chi connectivity index (χ0v) is 7.84. The molecule has 0 saturated heterocycles. The first kappa shape index (κ1) is 8.23. The summed E-state index contributed by atoms with van der Waals surface area (Å²) < 4.78 is 1.71. The minimum Gasteiger partial charge on any atom is -0.478 e. The van der Waals surface area contributed by atoms with Gasteiger partial charge in [0, 0.05) is 6.42 Å². The van der Waals surface area contributed by atoms with Crippen LogP contribution in [0.25, 0.3) is 5.69 Å². The maximum atomic E-state index is 10.9. The molecule has 1 aliphatic rings. The summed E-state index contributed by atoms with van der Waals surface area (Å²) in [7, 11) is 0. The molecule has 1 aromatic carbocycles. The summed E-state index contributed by atoms with van der Waals surface area (Å²) in [5.74, 6) is -0.913. The Kier molecular flexibility index (Phi) is 1.48. The van der Waals surface area contributed by atoms with E-state index < -0.39 is 5.97 Å². The second kappa shape index (κ2) is 2.70. The molecule has 3 rings (SSSR count). The van der Waals surface area contributed by atoms with Gasteiger partial charge in [-0.25, -0.2) is 9.48 Å². The normalized spacial score (nSPS) is 12.3. The maximum Gasteiger partial charge on any atom is 0.339 e. The molecule has 0 bridgehead atoms. The van der Waals surface area contributed by atoms with Gasteiger partial charge in [0.1, 0.15) is 5.56 Å². The van der Waals surface area contributed by atoms with Crippen molar-refractivity contribution in [3.8, 4) is 5.69 Å². The van der Waals surface area contributed by atoms with E-state index in [1.54, 1.807) is 4.68 Å². The summed E-state index contributed by atoms with van der Waals surface area (Å²) in [5.41, 5.74) is 3.18. The molecular weight excluding hydrogens is 192 g/mol. The number of nitrogens with zero attached hydrogens (tertiary/aromatic N) is 2. The smallest absolute Gasteiger partial charge is 0.339 e. The van der Waals surface area contributed by atoms with Crippen molar-refractivity contribution in [2.45, 2.75) is 6.42 Å². The average molecular weight is 200 g/mol. The third-order valence-corrected chi connectivity index (χ3v) is 2.68. The minimum absolute atomic E-state index is 0.297. The van der Waals surface area contributed by atoms with Gasteiger partial charge in [0.05, 0.1) is 17.6 Å². The van der Waals surface area contributed by atoms with E-state index in [1.165, 1.54) is 6.20 Å². The van der Waals surface area contributed by atoms with Crippen molar-refractivity contribution in [2.24, 2.45) is 0 Å². The Bertz CT molecular complexity index is 557. The number of para-hydroxylation sites is 1. The molecule has 1 aliphatic heterocycles. The number of hydrogen-bond donors (Lipinski definition) is 1. The fourth-order valence-corrected chi connectivity index (χ4v) is 1.98. The third kappa shape index (κ3) is 1.01. The second-order valence-electron chi connectivity index (χ2n) is 3.53. The lowest BCUT2D eigenvalue weighted by Gasteiger charge is -1.97. The Labute approximate surface area is 85.8 Å². The van der Waals surface area contributed by atoms with Gasteiger partial charge in [0.2, 0.25) is 0 Å². The topological polar surface area (TPSA) is 55.1 Å². The molecule has 0 atom stereocenters. The molecule has 0 spiro atoms. The molecule has 0 fully saturated rings. The summed E-state index contributed by atoms with van der Waals surface area (Å²) in [6, 6.07) is 7.82. The van der Waals surface area contributed by atoms with Gasteiger partial charge in [-0.05, 0) is 11.6 Å². The molecule has 74 valence electrons. The van der Waals surface area contributed by atoms with Crippen LogP contribution in [0.3, 0.4) is 0 Å². The van der Waals surface area contributed by atoms with E-state index in [9.17, 15) is 4.79 Å². The fourth-order valence-electron chi connectivity index (χ4n) is 1.98. The first-order chi connectivity index (χ1) is 7.27. The Hall–Kier alpha value is -2.10. The Morgan fingerprint density at radius 2 is 2.20 bits per heavy atom. The van der Waals surface area contributed by atoms with Crippen molar-refractivity contribution in [1.29, 1.82) is 0 Å². The quantitative estimate of drug-likeness (QED) is 0.647. The maximum absolute atomic E-state index is 10.9. The Morgan fingerprint density at radius 3 is 3.00 bits per heavy atom. The lowest BCUT2D eigenvalue weighted by Crippen LogP contribution is -2.00. The summed E-state index contributed by atoms with van der Waals surface area (Å²) in [5, 5.41) is 13.1. The van der Waals surface area contributed by atoms with Gasteiger partial charge < -0.3 is 5.11 Å². The monoisotopic (exact) mass is 200 g/mol. The average Bonchev–Trinajstić information content (AvgIpc) is 2.74. The van der Waals surface area contributed by atoms with Crippen molar-refractivity contribution >= 4 is 5.97 Å². The van der Waals surface area contributed by atoms with E-state index in [-0.39, 0.29) is 0 Å². The van der Waals surface area contributed by atoms with Gasteiger partial charge >= 0.3 is 5.97 Å². The number of aromatic nitrogens is 2. The molecule has 0 radical (unpaired) electrons. The molecule has 0 aliphatic carbocycles. The van der Waals surface area contributed by atoms with Gasteiger partial charge in [0.25, 0.3) is 0 Å². The van der Waals surface area contributed by atoms with Crippen LogP contribution in [0.4, 0.5) is 0 Å². The molecule has 1 aromatic heterocycles. The van der Waals surface area contributed by atoms with Crippen LogP contribution in [0.1, 0.15) is 21.6 Å². The standard InChI is InChI=1S/C11H8N2O2/c14-11(15)8-6-12-13-9-4-2-1-3-7(9)5-10(8)13/h1-4,6H,5H2,(H,14,15). The first-order valence-corrected chi connectivity index (χ1v) is 4.66. The fraction of sp³-hybridized carbons (Fsp3) is 0.0909. The van der Waals surface area contributed by atoms with Crippen LogP contribution in [0, 0.1) is 0 Å². The molecule has 15 heavy (non-hydrogen) atoms. The SMILES string of the molecule is O=C(O)c1cnn2c1Cc1ccccc1-2. The zero-order valence-electron chi connectivity index (χ0n) is 7.84. The van der Waals surface area contributed by atoms with E-state index in [0.717, 1.165) is 16.9 Å². The Morgan fingerprint density at radius 1 is 1.40 bits per heavy atom. The van der Waals surface area contributed by atoms with Gasteiger partial charge in [0.15, 0.2) is 0 Å². The first-order valence-electron chi connectivity index (χ1n) is 4.66. The third-order valence-electron chi connectivity index (χ3n) is 2.68. The second-order valence-corrected chi connectivity index (χ2v) is 3.53. The number of aromatic carboxylic acids is 1. The van der Waals surface area contributed by atoms with E-state index in [4.69, 9.17) is 5.11 Å². The summed E-state index contributed by atoms with van der Waals surface area (Å²) in [6.07, 6.45) is 2.06. The number of fused-ring (bicyclic) bond motifs is 3. The number of benzene rings is 1. The Balaban J connectivity index is 2.23. The van der Waals surface area contributed by atoms with Crippen molar-refractivity contribution in [1.82, 2.24) is 9.78 Å². The summed E-state index contributed by atoms with van der Waals surface area (Å²) >= 11 is 0. The molecule has 0 unspecified atom stereocenters. The highest BCUT2D eigenvalue weighted by Gasteiger charge is 2.24. The van der Waals surface area contributed by atoms with Crippen LogP contribution < -0.4 is 0 Å². The molecule has 0 saturated carbocycles. The van der Waals surface area contributed by atoms with Crippen molar-refractivity contribution in [3.05, 3.63) is 47.3 Å². The minimum atomic E-state index is -0.913. The lowest BCUT2D eigenvalue weighted by molar-refractivity contribution is 0.0696. The highest BCUT2D eigenvalue weighted by Crippen LogP contribution is 2.28. The van der Waals surface area contributed by atoms with Crippen LogP contribution in [-0.4, -0.2) is 20.9 Å². The van der Waals surface area contributed by atoms with E-state index in [2.05, 4.69) is 5.10 Å². The molecule has 1 N–H and O–H groups in total. The number of carboxylic acids is 1. The number of hydrogen-bond acceptors (Lipinski definition) is 2. The van der Waals surface area contributed by atoms with Crippen molar-refractivity contribution < 1.29 is 9.90 Å². The van der Waals surface area contributed by atoms with Gasteiger partial charge in [-0.1, -0.05) is 18.2 Å². The zero-order chi connectivity index (χ0) is 10.4. The van der Waals surface area contributed by atoms with Crippen LogP contribution in [-0.2, 0) is 6.42 Å². The molecule has 4 heteroatoms. The van der Waals surface area contributed by atoms with Crippen LogP contribution in [0.15, 0.2) is 30.5 Å². The number of carbonyl (C=O) groups is 1. The highest BCUT2D eigenvalue weighted by molar-refractivity contribution is 5.89. The van der Waals surface area contributed by atoms with Gasteiger partial charge in [-0.3, -0.25) is 0 Å². The van der Waals surface area contributed by atoms with E-state index in [1.807, 2.05) is 24.3 Å². The molecule has 2 aromatic rings. The predicted octanol–water partition coefficient (Wildman–Crippen LogP) is 1.47. The molecule has 4 nitrogen and oxygen atoms in total. The number of rotatable bonds is 1. The van der Waals surface area contributed by atoms with Crippen molar-refractivity contribution in [2.75, 3.05) is 0 Å². The number of carboxylic acid groups (broad SMARTS) is 1. The van der Waals surface area contributed by atoms with Gasteiger partial charge in [-0.2, -0.15) is 5.10 Å². The van der Waals surface area contributed by atoms with Gasteiger partial charge in [-0.15, -0.1) is 0 Å². The lowest BCUT2D eigenvalue weighted by atomic mass is 10.1. The van der Waals surface area contributed by atoms with Crippen molar-refractivity contribution in [3.63, 3.8) is 0 Å². The molecular formula is C11H8N2O2. The van der Waals surface area contributed by atoms with E-state index in [0.29, 0.717) is 12.0 Å². The largest absolute Gasteiger partial charge is 0.478 e. The summed E-state index contributed by atoms with van der Waals surface area (Å²) in [6.45, 7) is 0. The highest BCUT2D eigenvalue weighted by atomic mass is 16.4.